The zero-order chi connectivity index (χ0) is 25.6. The van der Waals surface area contributed by atoms with Crippen LogP contribution in [0.4, 0.5) is 22.7 Å². The summed E-state index contributed by atoms with van der Waals surface area (Å²) in [6.45, 7) is 0. The molecular weight excluding hydrogens is 559 g/mol. The minimum Gasteiger partial charge on any atom is -0.451 e. The van der Waals surface area contributed by atoms with Gasteiger partial charge in [-0.25, -0.2) is 9.98 Å². The van der Waals surface area contributed by atoms with Crippen molar-refractivity contribution in [3.05, 3.63) is 102 Å². The van der Waals surface area contributed by atoms with Crippen molar-refractivity contribution in [1.82, 2.24) is 0 Å². The van der Waals surface area contributed by atoms with E-state index in [9.17, 15) is 0 Å². The first-order valence-corrected chi connectivity index (χ1v) is 13.9. The summed E-state index contributed by atoms with van der Waals surface area (Å²) in [5.41, 5.74) is 2.69. The Morgan fingerprint density at radius 2 is 1.13 bits per heavy atom. The van der Waals surface area contributed by atoms with Crippen LogP contribution in [-0.4, -0.2) is 12.4 Å². The van der Waals surface area contributed by atoms with Crippen LogP contribution in [0.25, 0.3) is 0 Å². The molecule has 184 valence electrons. The number of hydrogen-bond donors (Lipinski definition) is 0. The molecule has 0 amide bonds. The fourth-order valence-corrected chi connectivity index (χ4v) is 5.67. The van der Waals surface area contributed by atoms with Crippen LogP contribution in [0.3, 0.4) is 0 Å². The third-order valence-corrected chi connectivity index (χ3v) is 8.10. The number of rotatable bonds is 4. The van der Waals surface area contributed by atoms with Crippen LogP contribution in [0.2, 0.25) is 10.0 Å². The maximum Gasteiger partial charge on any atom is 0.175 e. The van der Waals surface area contributed by atoms with Gasteiger partial charge in [-0.15, -0.1) is 22.7 Å². The zero-order valence-electron chi connectivity index (χ0n) is 19.3. The highest BCUT2D eigenvalue weighted by atomic mass is 35.5. The SMILES string of the molecule is Clc1c2c(c(Cl)c3c1=Nc1ccc(N=Cc4cccs4)cc1O3)=Nc1ccc(N=Cc3cccs3)cc1O2. The van der Waals surface area contributed by atoms with E-state index in [1.165, 1.54) is 0 Å². The lowest BCUT2D eigenvalue weighted by atomic mass is 10.2. The molecule has 0 fully saturated rings. The smallest absolute Gasteiger partial charge is 0.175 e. The molecule has 0 spiro atoms. The lowest BCUT2D eigenvalue weighted by Gasteiger charge is -2.21. The molecule has 38 heavy (non-hydrogen) atoms. The van der Waals surface area contributed by atoms with Gasteiger partial charge in [0.1, 0.15) is 32.1 Å². The van der Waals surface area contributed by atoms with E-state index in [2.05, 4.69) is 9.98 Å². The highest BCUT2D eigenvalue weighted by Crippen LogP contribution is 2.44. The molecule has 5 aromatic rings. The molecule has 10 heteroatoms. The van der Waals surface area contributed by atoms with E-state index in [4.69, 9.17) is 42.7 Å². The van der Waals surface area contributed by atoms with Crippen LogP contribution < -0.4 is 20.2 Å². The number of halogens is 2. The van der Waals surface area contributed by atoms with Crippen LogP contribution in [0.1, 0.15) is 9.75 Å². The van der Waals surface area contributed by atoms with Crippen molar-refractivity contribution in [2.75, 3.05) is 0 Å². The van der Waals surface area contributed by atoms with E-state index in [0.29, 0.717) is 45.1 Å². The number of hydrogen-bond acceptors (Lipinski definition) is 8. The van der Waals surface area contributed by atoms with Gasteiger partial charge in [0, 0.05) is 34.3 Å². The van der Waals surface area contributed by atoms with Gasteiger partial charge >= 0.3 is 0 Å². The third kappa shape index (κ3) is 4.21. The predicted molar refractivity (Wildman–Crippen MR) is 154 cm³/mol. The Kier molecular flexibility index (Phi) is 5.82. The van der Waals surface area contributed by atoms with Gasteiger partial charge < -0.3 is 9.47 Å². The Morgan fingerprint density at radius 3 is 1.55 bits per heavy atom. The predicted octanol–water partition coefficient (Wildman–Crippen LogP) is 8.73. The molecule has 3 aromatic carbocycles. The van der Waals surface area contributed by atoms with Gasteiger partial charge in [0.05, 0.1) is 11.4 Å². The maximum atomic E-state index is 6.79. The van der Waals surface area contributed by atoms with E-state index in [1.54, 1.807) is 22.7 Å². The van der Waals surface area contributed by atoms with Crippen LogP contribution in [-0.2, 0) is 0 Å². The summed E-state index contributed by atoms with van der Waals surface area (Å²) in [4.78, 5) is 20.6. The van der Waals surface area contributed by atoms with E-state index < -0.39 is 0 Å². The lowest BCUT2D eigenvalue weighted by molar-refractivity contribution is 0.451. The number of ether oxygens (including phenoxy) is 2. The Labute approximate surface area is 234 Å². The number of fused-ring (bicyclic) bond motifs is 4. The summed E-state index contributed by atoms with van der Waals surface area (Å²) in [6, 6.07) is 19.0. The van der Waals surface area contributed by atoms with Gasteiger partial charge in [-0.2, -0.15) is 0 Å². The fourth-order valence-electron chi connectivity index (χ4n) is 3.99. The van der Waals surface area contributed by atoms with Crippen molar-refractivity contribution < 1.29 is 9.47 Å². The monoisotopic (exact) mass is 572 g/mol. The molecule has 0 aliphatic carbocycles. The second kappa shape index (κ2) is 9.49. The molecular formula is C28H14Cl2N4O2S2. The van der Waals surface area contributed by atoms with E-state index >= 15 is 0 Å². The molecule has 0 atom stereocenters. The minimum atomic E-state index is 0.270. The van der Waals surface area contributed by atoms with Crippen LogP contribution in [0.15, 0.2) is 91.4 Å². The molecule has 6 nitrogen and oxygen atoms in total. The van der Waals surface area contributed by atoms with E-state index in [0.717, 1.165) is 21.1 Å². The molecule has 2 aliphatic heterocycles. The summed E-state index contributed by atoms with van der Waals surface area (Å²) < 4.78 is 12.4. The Balaban J connectivity index is 1.26. The van der Waals surface area contributed by atoms with Crippen molar-refractivity contribution in [3.8, 4) is 23.0 Å². The quantitative estimate of drug-likeness (QED) is 0.198. The number of thiophene rings is 2. The summed E-state index contributed by atoms with van der Waals surface area (Å²) in [7, 11) is 0. The van der Waals surface area contributed by atoms with Gasteiger partial charge in [0.15, 0.2) is 23.0 Å². The topological polar surface area (TPSA) is 67.9 Å². The lowest BCUT2D eigenvalue weighted by Crippen LogP contribution is -2.22. The van der Waals surface area contributed by atoms with Gasteiger partial charge in [-0.3, -0.25) is 9.98 Å². The Hall–Kier alpha value is -3.82. The first kappa shape index (κ1) is 23.3. The summed E-state index contributed by atoms with van der Waals surface area (Å²) in [5.74, 6) is 1.72. The number of aliphatic imine (C=N–C) groups is 2. The third-order valence-electron chi connectivity index (χ3n) is 5.79. The van der Waals surface area contributed by atoms with Crippen LogP contribution in [0.5, 0.6) is 23.0 Å². The van der Waals surface area contributed by atoms with Crippen molar-refractivity contribution >= 4 is 81.1 Å². The van der Waals surface area contributed by atoms with Crippen LogP contribution >= 0.6 is 45.9 Å². The van der Waals surface area contributed by atoms with Gasteiger partial charge in [-0.1, -0.05) is 35.3 Å². The average Bonchev–Trinajstić information content (AvgIpc) is 3.67. The molecule has 7 rings (SSSR count). The average molecular weight is 573 g/mol. The van der Waals surface area contributed by atoms with Crippen molar-refractivity contribution in [2.24, 2.45) is 20.0 Å². The molecule has 2 aliphatic rings. The molecule has 0 saturated carbocycles. The highest BCUT2D eigenvalue weighted by molar-refractivity contribution is 7.12. The molecule has 4 heterocycles. The molecule has 0 N–H and O–H groups in total. The number of nitrogens with zero attached hydrogens (tertiary/aromatic N) is 4. The van der Waals surface area contributed by atoms with E-state index in [-0.39, 0.29) is 10.0 Å². The number of benzene rings is 3. The second-order valence-electron chi connectivity index (χ2n) is 8.26. The van der Waals surface area contributed by atoms with Gasteiger partial charge in [0.25, 0.3) is 0 Å². The first-order chi connectivity index (χ1) is 18.6. The Bertz CT molecular complexity index is 1760. The maximum absolute atomic E-state index is 6.79. The largest absolute Gasteiger partial charge is 0.451 e. The molecule has 0 saturated heterocycles. The van der Waals surface area contributed by atoms with E-state index in [1.807, 2.05) is 83.9 Å². The fraction of sp³-hybridized carbons (Fsp3) is 0. The molecule has 0 bridgehead atoms. The van der Waals surface area contributed by atoms with Crippen molar-refractivity contribution in [3.63, 3.8) is 0 Å². The summed E-state index contributed by atoms with van der Waals surface area (Å²) in [6.07, 6.45) is 3.63. The molecule has 2 aromatic heterocycles. The second-order valence-corrected chi connectivity index (χ2v) is 11.0. The van der Waals surface area contributed by atoms with Gasteiger partial charge in [-0.05, 0) is 47.2 Å². The minimum absolute atomic E-state index is 0.270. The normalized spacial score (nSPS) is 13.1. The highest BCUT2D eigenvalue weighted by Gasteiger charge is 2.27. The van der Waals surface area contributed by atoms with Crippen LogP contribution in [0, 0.1) is 0 Å². The summed E-state index contributed by atoms with van der Waals surface area (Å²) >= 11 is 16.8. The summed E-state index contributed by atoms with van der Waals surface area (Å²) in [5, 5.41) is 5.34. The molecule has 0 radical (unpaired) electrons. The van der Waals surface area contributed by atoms with Crippen molar-refractivity contribution in [1.29, 1.82) is 0 Å². The van der Waals surface area contributed by atoms with Crippen molar-refractivity contribution in [2.45, 2.75) is 0 Å². The molecule has 0 unspecified atom stereocenters. The first-order valence-electron chi connectivity index (χ1n) is 11.4. The standard InChI is InChI=1S/C28H14Cl2N4O2S2/c29-23-26-28(36-22-12-16(6-8-20(22)34-26)32-14-18-4-2-10-38-18)24(30)25-27(23)35-21-11-15(5-7-19(21)33-25)31-13-17-3-1-9-37-17/h1-14H. The van der Waals surface area contributed by atoms with Gasteiger partial charge in [0.2, 0.25) is 0 Å². The zero-order valence-corrected chi connectivity index (χ0v) is 22.4. The Morgan fingerprint density at radius 1 is 0.658 bits per heavy atom.